The Hall–Kier alpha value is -2.36. The highest BCUT2D eigenvalue weighted by molar-refractivity contribution is 5.86. The van der Waals surface area contributed by atoms with Gasteiger partial charge in [-0.05, 0) is 19.4 Å². The van der Waals surface area contributed by atoms with E-state index < -0.39 is 42.4 Å². The minimum Gasteiger partial charge on any atom is -0.481 e. The largest absolute Gasteiger partial charge is 0.481 e. The number of urea groups is 1. The molecule has 0 fully saturated rings. The van der Waals surface area contributed by atoms with Gasteiger partial charge in [0.2, 0.25) is 0 Å². The highest BCUT2D eigenvalue weighted by atomic mass is 16.4. The molecule has 0 bridgehead atoms. The Labute approximate surface area is 113 Å². The fourth-order valence-electron chi connectivity index (χ4n) is 1.31. The minimum atomic E-state index is -1.42. The number of aliphatic carboxylic acids is 3. The summed E-state index contributed by atoms with van der Waals surface area (Å²) in [6.45, 7) is 0.0264. The number of nitrogens with one attached hydrogen (secondary N) is 2. The van der Waals surface area contributed by atoms with Gasteiger partial charge in [-0.3, -0.25) is 4.79 Å². The Morgan fingerprint density at radius 1 is 0.900 bits per heavy atom. The maximum Gasteiger partial charge on any atom is 0.326 e. The van der Waals surface area contributed by atoms with Crippen molar-refractivity contribution < 1.29 is 34.5 Å². The molecule has 0 aliphatic heterocycles. The summed E-state index contributed by atoms with van der Waals surface area (Å²) in [5.74, 6) is -3.92. The molecule has 0 saturated heterocycles. The molecule has 2 amide bonds. The molecule has 10 nitrogen and oxygen atoms in total. The highest BCUT2D eigenvalue weighted by Gasteiger charge is 2.24. The van der Waals surface area contributed by atoms with Crippen LogP contribution in [0, 0.1) is 0 Å². The fraction of sp³-hybridized carbons (Fsp3) is 0.600. The maximum atomic E-state index is 11.5. The lowest BCUT2D eigenvalue weighted by molar-refractivity contribution is -0.140. The molecule has 0 radical (unpaired) electrons. The third-order valence-electron chi connectivity index (χ3n) is 2.31. The Bertz CT molecular complexity index is 385. The van der Waals surface area contributed by atoms with E-state index in [9.17, 15) is 19.2 Å². The smallest absolute Gasteiger partial charge is 0.326 e. The van der Waals surface area contributed by atoms with Gasteiger partial charge in [-0.25, -0.2) is 14.4 Å². The molecule has 10 heteroatoms. The average molecular weight is 291 g/mol. The number of carbonyl (C=O) groups excluding carboxylic acids is 1. The predicted molar refractivity (Wildman–Crippen MR) is 65.1 cm³/mol. The van der Waals surface area contributed by atoms with Gasteiger partial charge in [0.05, 0.1) is 0 Å². The lowest BCUT2D eigenvalue weighted by Gasteiger charge is -2.17. The van der Waals surface area contributed by atoms with Crippen LogP contribution in [0.1, 0.15) is 19.3 Å². The van der Waals surface area contributed by atoms with Gasteiger partial charge in [-0.15, -0.1) is 0 Å². The van der Waals surface area contributed by atoms with E-state index in [4.69, 9.17) is 21.1 Å². The fourth-order valence-corrected chi connectivity index (χ4v) is 1.31. The molecule has 114 valence electrons. The zero-order valence-corrected chi connectivity index (χ0v) is 10.5. The van der Waals surface area contributed by atoms with E-state index in [1.165, 1.54) is 0 Å². The molecule has 0 saturated carbocycles. The van der Waals surface area contributed by atoms with Gasteiger partial charge in [-0.2, -0.15) is 0 Å². The van der Waals surface area contributed by atoms with Crippen LogP contribution in [0.25, 0.3) is 0 Å². The normalized spacial score (nSPS) is 13.1. The van der Waals surface area contributed by atoms with Crippen molar-refractivity contribution >= 4 is 23.9 Å². The van der Waals surface area contributed by atoms with Crippen LogP contribution in [-0.4, -0.2) is 57.9 Å². The first-order chi connectivity index (χ1) is 9.27. The van der Waals surface area contributed by atoms with Gasteiger partial charge in [0.1, 0.15) is 12.1 Å². The van der Waals surface area contributed by atoms with Crippen LogP contribution in [0.15, 0.2) is 0 Å². The first-order valence-corrected chi connectivity index (χ1v) is 5.72. The Balaban J connectivity index is 4.47. The lowest BCUT2D eigenvalue weighted by Crippen LogP contribution is -2.51. The van der Waals surface area contributed by atoms with Crippen LogP contribution >= 0.6 is 0 Å². The number of carboxylic acids is 3. The molecule has 0 rings (SSSR count). The van der Waals surface area contributed by atoms with Crippen LogP contribution in [-0.2, 0) is 14.4 Å². The van der Waals surface area contributed by atoms with E-state index in [1.54, 1.807) is 0 Å². The summed E-state index contributed by atoms with van der Waals surface area (Å²) in [5, 5.41) is 30.1. The van der Waals surface area contributed by atoms with E-state index in [0.717, 1.165) is 0 Å². The molecule has 0 aromatic carbocycles. The molecule has 0 aliphatic carbocycles. The van der Waals surface area contributed by atoms with E-state index >= 15 is 0 Å². The summed E-state index contributed by atoms with van der Waals surface area (Å²) in [6, 6.07) is -3.67. The van der Waals surface area contributed by atoms with Crippen LogP contribution in [0.4, 0.5) is 4.79 Å². The van der Waals surface area contributed by atoms with Gasteiger partial charge in [-0.1, -0.05) is 0 Å². The molecule has 2 atom stereocenters. The first kappa shape index (κ1) is 17.6. The van der Waals surface area contributed by atoms with Crippen molar-refractivity contribution in [3.63, 3.8) is 0 Å². The summed E-state index contributed by atoms with van der Waals surface area (Å²) in [5.41, 5.74) is 5.18. The summed E-state index contributed by atoms with van der Waals surface area (Å²) < 4.78 is 0. The standard InChI is InChI=1S/C10H17N3O7/c11-4-3-6(9(18)19)13-10(20)12-5(8(16)17)1-2-7(14)15/h5-6H,1-4,11H2,(H,14,15)(H,16,17)(H,18,19)(H2,12,13,20). The summed E-state index contributed by atoms with van der Waals surface area (Å²) >= 11 is 0. The zero-order chi connectivity index (χ0) is 15.7. The number of nitrogens with two attached hydrogens (primary N) is 1. The van der Waals surface area contributed by atoms with Crippen molar-refractivity contribution in [3.05, 3.63) is 0 Å². The van der Waals surface area contributed by atoms with Gasteiger partial charge in [0.15, 0.2) is 0 Å². The molecule has 0 spiro atoms. The van der Waals surface area contributed by atoms with E-state index in [1.807, 2.05) is 5.32 Å². The molecule has 0 aliphatic rings. The number of amides is 2. The minimum absolute atomic E-state index is 0.0182. The molecular weight excluding hydrogens is 274 g/mol. The zero-order valence-electron chi connectivity index (χ0n) is 10.5. The summed E-state index contributed by atoms with van der Waals surface area (Å²) in [7, 11) is 0. The van der Waals surface area contributed by atoms with Gasteiger partial charge < -0.3 is 31.7 Å². The van der Waals surface area contributed by atoms with Crippen molar-refractivity contribution in [1.29, 1.82) is 0 Å². The number of hydrogen-bond donors (Lipinski definition) is 6. The second-order valence-corrected chi connectivity index (χ2v) is 3.91. The summed E-state index contributed by atoms with van der Waals surface area (Å²) in [6.07, 6.45) is -0.773. The van der Waals surface area contributed by atoms with Crippen molar-refractivity contribution in [2.75, 3.05) is 6.54 Å². The predicted octanol–water partition coefficient (Wildman–Crippen LogP) is -1.59. The van der Waals surface area contributed by atoms with Crippen molar-refractivity contribution in [3.8, 4) is 0 Å². The van der Waals surface area contributed by atoms with Crippen LogP contribution in [0.5, 0.6) is 0 Å². The van der Waals surface area contributed by atoms with E-state index in [0.29, 0.717) is 0 Å². The third-order valence-corrected chi connectivity index (χ3v) is 2.31. The Morgan fingerprint density at radius 2 is 1.35 bits per heavy atom. The molecule has 0 heterocycles. The van der Waals surface area contributed by atoms with Crippen LogP contribution in [0.3, 0.4) is 0 Å². The summed E-state index contributed by atoms with van der Waals surface area (Å²) in [4.78, 5) is 43.4. The average Bonchev–Trinajstić information content (AvgIpc) is 2.33. The molecular formula is C10H17N3O7. The Kier molecular flexibility index (Phi) is 7.67. The van der Waals surface area contributed by atoms with Crippen molar-refractivity contribution in [2.45, 2.75) is 31.3 Å². The van der Waals surface area contributed by atoms with Gasteiger partial charge in [0, 0.05) is 6.42 Å². The third kappa shape index (κ3) is 7.16. The molecule has 0 aromatic rings. The van der Waals surface area contributed by atoms with E-state index in [2.05, 4.69) is 5.32 Å². The maximum absolute atomic E-state index is 11.5. The lowest BCUT2D eigenvalue weighted by atomic mass is 10.1. The molecule has 2 unspecified atom stereocenters. The number of rotatable bonds is 9. The monoisotopic (exact) mass is 291 g/mol. The van der Waals surface area contributed by atoms with Gasteiger partial charge >= 0.3 is 23.9 Å². The molecule has 0 aromatic heterocycles. The Morgan fingerprint density at radius 3 is 1.70 bits per heavy atom. The highest BCUT2D eigenvalue weighted by Crippen LogP contribution is 1.99. The quantitative estimate of drug-likeness (QED) is 0.294. The second-order valence-electron chi connectivity index (χ2n) is 3.91. The number of carbonyl (C=O) groups is 4. The van der Waals surface area contributed by atoms with Crippen molar-refractivity contribution in [1.82, 2.24) is 10.6 Å². The van der Waals surface area contributed by atoms with Gasteiger partial charge in [0.25, 0.3) is 0 Å². The number of carboxylic acid groups (broad SMARTS) is 3. The van der Waals surface area contributed by atoms with E-state index in [-0.39, 0.29) is 19.4 Å². The second kappa shape index (κ2) is 8.69. The van der Waals surface area contributed by atoms with Crippen molar-refractivity contribution in [2.24, 2.45) is 5.73 Å². The molecule has 20 heavy (non-hydrogen) atoms. The van der Waals surface area contributed by atoms with Crippen LogP contribution in [0.2, 0.25) is 0 Å². The SMILES string of the molecule is NCCC(NC(=O)NC(CCC(=O)O)C(=O)O)C(=O)O. The first-order valence-electron chi connectivity index (χ1n) is 5.72. The number of hydrogen-bond acceptors (Lipinski definition) is 5. The topological polar surface area (TPSA) is 179 Å². The molecule has 7 N–H and O–H groups in total. The van der Waals surface area contributed by atoms with Crippen LogP contribution < -0.4 is 16.4 Å².